The van der Waals surface area contributed by atoms with Gasteiger partial charge in [-0.2, -0.15) is 0 Å². The molecule has 0 bridgehead atoms. The lowest BCUT2D eigenvalue weighted by Gasteiger charge is -2.17. The van der Waals surface area contributed by atoms with Crippen LogP contribution in [-0.4, -0.2) is 37.6 Å². The van der Waals surface area contributed by atoms with E-state index in [-0.39, 0.29) is 18.0 Å². The van der Waals surface area contributed by atoms with Crippen molar-refractivity contribution in [2.45, 2.75) is 19.0 Å². The molecule has 0 aromatic carbocycles. The standard InChI is InChI=1S/C8H17N3O/c1-11(2)5-7(9)10-8(12)6-3-4-6/h6-7H,3-5,9H2,1-2H3,(H,10,12). The van der Waals surface area contributed by atoms with Gasteiger partial charge in [-0.1, -0.05) is 0 Å². The predicted octanol–water partition coefficient (Wildman–Crippen LogP) is -0.641. The number of nitrogens with one attached hydrogen (secondary N) is 1. The largest absolute Gasteiger partial charge is 0.339 e. The van der Waals surface area contributed by atoms with Gasteiger partial charge < -0.3 is 16.0 Å². The Balaban J connectivity index is 2.15. The van der Waals surface area contributed by atoms with E-state index >= 15 is 0 Å². The summed E-state index contributed by atoms with van der Waals surface area (Å²) in [6.07, 6.45) is 1.83. The molecule has 0 aromatic rings. The summed E-state index contributed by atoms with van der Waals surface area (Å²) in [6, 6.07) is 0. The van der Waals surface area contributed by atoms with Gasteiger partial charge in [0.2, 0.25) is 5.91 Å². The topological polar surface area (TPSA) is 58.4 Å². The van der Waals surface area contributed by atoms with Gasteiger partial charge in [-0.3, -0.25) is 4.79 Å². The molecule has 1 rings (SSSR count). The van der Waals surface area contributed by atoms with Crippen LogP contribution in [0, 0.1) is 5.92 Å². The fourth-order valence-corrected chi connectivity index (χ4v) is 1.09. The fourth-order valence-electron chi connectivity index (χ4n) is 1.09. The molecule has 1 unspecified atom stereocenters. The van der Waals surface area contributed by atoms with E-state index in [1.807, 2.05) is 19.0 Å². The lowest BCUT2D eigenvalue weighted by molar-refractivity contribution is -0.123. The van der Waals surface area contributed by atoms with Crippen molar-refractivity contribution in [1.29, 1.82) is 0 Å². The van der Waals surface area contributed by atoms with Gasteiger partial charge in [-0.25, -0.2) is 0 Å². The molecule has 1 aliphatic rings. The van der Waals surface area contributed by atoms with Crippen molar-refractivity contribution < 1.29 is 4.79 Å². The predicted molar refractivity (Wildman–Crippen MR) is 47.4 cm³/mol. The number of rotatable bonds is 4. The summed E-state index contributed by atoms with van der Waals surface area (Å²) in [6.45, 7) is 0.693. The monoisotopic (exact) mass is 171 g/mol. The minimum absolute atomic E-state index is 0.115. The zero-order valence-corrected chi connectivity index (χ0v) is 7.71. The minimum Gasteiger partial charge on any atom is -0.339 e. The molecule has 0 spiro atoms. The number of nitrogens with zero attached hydrogens (tertiary/aromatic N) is 1. The number of amides is 1. The summed E-state index contributed by atoms with van der Waals surface area (Å²) in [5.41, 5.74) is 5.67. The molecule has 1 saturated carbocycles. The maximum absolute atomic E-state index is 11.2. The number of hydrogen-bond donors (Lipinski definition) is 2. The molecule has 1 fully saturated rings. The van der Waals surface area contributed by atoms with Gasteiger partial charge in [-0.15, -0.1) is 0 Å². The lowest BCUT2D eigenvalue weighted by atomic mass is 10.3. The molecular formula is C8H17N3O. The molecular weight excluding hydrogens is 154 g/mol. The molecule has 3 N–H and O–H groups in total. The third kappa shape index (κ3) is 3.19. The molecule has 0 aliphatic heterocycles. The molecule has 12 heavy (non-hydrogen) atoms. The first kappa shape index (κ1) is 9.48. The zero-order valence-electron chi connectivity index (χ0n) is 7.71. The fraction of sp³-hybridized carbons (Fsp3) is 0.875. The van der Waals surface area contributed by atoms with Crippen LogP contribution in [0.3, 0.4) is 0 Å². The van der Waals surface area contributed by atoms with E-state index in [0.717, 1.165) is 12.8 Å². The molecule has 0 saturated heterocycles. The van der Waals surface area contributed by atoms with E-state index in [1.165, 1.54) is 0 Å². The van der Waals surface area contributed by atoms with Crippen molar-refractivity contribution in [3.8, 4) is 0 Å². The first-order chi connectivity index (χ1) is 5.59. The van der Waals surface area contributed by atoms with E-state index < -0.39 is 0 Å². The first-order valence-corrected chi connectivity index (χ1v) is 4.30. The summed E-state index contributed by atoms with van der Waals surface area (Å²) in [4.78, 5) is 13.1. The Labute approximate surface area is 73.1 Å². The summed E-state index contributed by atoms with van der Waals surface area (Å²) >= 11 is 0. The summed E-state index contributed by atoms with van der Waals surface area (Å²) in [5.74, 6) is 0.363. The number of carbonyl (C=O) groups excluding carboxylic acids is 1. The smallest absolute Gasteiger partial charge is 0.224 e. The molecule has 4 nitrogen and oxygen atoms in total. The zero-order chi connectivity index (χ0) is 9.14. The van der Waals surface area contributed by atoms with E-state index in [4.69, 9.17) is 5.73 Å². The van der Waals surface area contributed by atoms with Crippen molar-refractivity contribution in [2.24, 2.45) is 11.7 Å². The van der Waals surface area contributed by atoms with Crippen LogP contribution < -0.4 is 11.1 Å². The quantitative estimate of drug-likeness (QED) is 0.553. The molecule has 1 atom stereocenters. The van der Waals surface area contributed by atoms with Gasteiger partial charge in [0.15, 0.2) is 0 Å². The van der Waals surface area contributed by atoms with Gasteiger partial charge in [0.1, 0.15) is 0 Å². The average molecular weight is 171 g/mol. The second-order valence-electron chi connectivity index (χ2n) is 3.65. The third-order valence-electron chi connectivity index (χ3n) is 1.84. The maximum Gasteiger partial charge on any atom is 0.224 e. The van der Waals surface area contributed by atoms with E-state index in [9.17, 15) is 4.79 Å². The van der Waals surface area contributed by atoms with E-state index in [0.29, 0.717) is 6.54 Å². The summed E-state index contributed by atoms with van der Waals surface area (Å²) < 4.78 is 0. The highest BCUT2D eigenvalue weighted by Gasteiger charge is 2.30. The number of hydrogen-bond acceptors (Lipinski definition) is 3. The molecule has 70 valence electrons. The second-order valence-corrected chi connectivity index (χ2v) is 3.65. The minimum atomic E-state index is -0.229. The van der Waals surface area contributed by atoms with Gasteiger partial charge >= 0.3 is 0 Å². The number of likely N-dealkylation sites (N-methyl/N-ethyl adjacent to an activating group) is 1. The highest BCUT2D eigenvalue weighted by Crippen LogP contribution is 2.28. The second kappa shape index (κ2) is 3.87. The van der Waals surface area contributed by atoms with Crippen LogP contribution in [0.1, 0.15) is 12.8 Å². The Hall–Kier alpha value is -0.610. The Morgan fingerprint density at radius 2 is 2.25 bits per heavy atom. The molecule has 0 aromatic heterocycles. The Kier molecular flexibility index (Phi) is 3.05. The number of carbonyl (C=O) groups is 1. The summed E-state index contributed by atoms with van der Waals surface area (Å²) in [5, 5.41) is 2.77. The SMILES string of the molecule is CN(C)CC(N)NC(=O)C1CC1. The highest BCUT2D eigenvalue weighted by atomic mass is 16.2. The molecule has 1 aliphatic carbocycles. The van der Waals surface area contributed by atoms with Crippen molar-refractivity contribution in [3.63, 3.8) is 0 Å². The van der Waals surface area contributed by atoms with Crippen LogP contribution in [0.5, 0.6) is 0 Å². The third-order valence-corrected chi connectivity index (χ3v) is 1.84. The molecule has 1 amide bonds. The van der Waals surface area contributed by atoms with Crippen LogP contribution in [-0.2, 0) is 4.79 Å². The van der Waals surface area contributed by atoms with Gasteiger partial charge in [-0.05, 0) is 26.9 Å². The number of nitrogens with two attached hydrogens (primary N) is 1. The van der Waals surface area contributed by atoms with Crippen molar-refractivity contribution in [2.75, 3.05) is 20.6 Å². The normalized spacial score (nSPS) is 19.3. The lowest BCUT2D eigenvalue weighted by Crippen LogP contribution is -2.48. The Bertz CT molecular complexity index is 166. The highest BCUT2D eigenvalue weighted by molar-refractivity contribution is 5.81. The van der Waals surface area contributed by atoms with Gasteiger partial charge in [0.25, 0.3) is 0 Å². The first-order valence-electron chi connectivity index (χ1n) is 4.30. The average Bonchev–Trinajstić information content (AvgIpc) is 2.63. The van der Waals surface area contributed by atoms with E-state index in [1.54, 1.807) is 0 Å². The van der Waals surface area contributed by atoms with Crippen LogP contribution in [0.2, 0.25) is 0 Å². The Morgan fingerprint density at radius 1 is 1.67 bits per heavy atom. The van der Waals surface area contributed by atoms with Crippen LogP contribution >= 0.6 is 0 Å². The molecule has 0 radical (unpaired) electrons. The molecule has 0 heterocycles. The van der Waals surface area contributed by atoms with Crippen LogP contribution in [0.15, 0.2) is 0 Å². The van der Waals surface area contributed by atoms with Crippen molar-refractivity contribution in [3.05, 3.63) is 0 Å². The summed E-state index contributed by atoms with van der Waals surface area (Å²) in [7, 11) is 3.87. The van der Waals surface area contributed by atoms with Gasteiger partial charge in [0.05, 0.1) is 6.17 Å². The van der Waals surface area contributed by atoms with Crippen molar-refractivity contribution in [1.82, 2.24) is 10.2 Å². The van der Waals surface area contributed by atoms with E-state index in [2.05, 4.69) is 5.32 Å². The van der Waals surface area contributed by atoms with Crippen molar-refractivity contribution >= 4 is 5.91 Å². The van der Waals surface area contributed by atoms with Gasteiger partial charge in [0, 0.05) is 12.5 Å². The Morgan fingerprint density at radius 3 is 2.67 bits per heavy atom. The molecule has 4 heteroatoms. The van der Waals surface area contributed by atoms with Crippen LogP contribution in [0.25, 0.3) is 0 Å². The maximum atomic E-state index is 11.2. The van der Waals surface area contributed by atoms with Crippen LogP contribution in [0.4, 0.5) is 0 Å².